The Balaban J connectivity index is 1.92. The maximum atomic E-state index is 3.63. The molecule has 1 unspecified atom stereocenters. The maximum Gasteiger partial charge on any atom is 0.0207 e. The maximum absolute atomic E-state index is 3.63. The predicted molar refractivity (Wildman–Crippen MR) is 90.2 cm³/mol. The lowest BCUT2D eigenvalue weighted by Crippen LogP contribution is -2.28. The summed E-state index contributed by atoms with van der Waals surface area (Å²) in [6, 6.07) is 17.8. The van der Waals surface area contributed by atoms with E-state index >= 15 is 0 Å². The van der Waals surface area contributed by atoms with Crippen molar-refractivity contribution < 1.29 is 0 Å². The average Bonchev–Trinajstić information content (AvgIpc) is 2.47. The van der Waals surface area contributed by atoms with Gasteiger partial charge in [0.05, 0.1) is 0 Å². The Labute approximate surface area is 130 Å². The molecule has 0 fully saturated rings. The smallest absolute Gasteiger partial charge is 0.0207 e. The zero-order valence-corrected chi connectivity index (χ0v) is 13.8. The molecule has 1 N–H and O–H groups in total. The van der Waals surface area contributed by atoms with Crippen LogP contribution in [-0.2, 0) is 12.8 Å². The number of rotatable bonds is 6. The number of hydrogen-bond acceptors (Lipinski definition) is 1. The van der Waals surface area contributed by atoms with Gasteiger partial charge < -0.3 is 5.32 Å². The van der Waals surface area contributed by atoms with Gasteiger partial charge in [-0.3, -0.25) is 0 Å². The highest BCUT2D eigenvalue weighted by Gasteiger charge is 2.09. The minimum Gasteiger partial charge on any atom is -0.317 e. The van der Waals surface area contributed by atoms with Crippen molar-refractivity contribution in [1.82, 2.24) is 5.32 Å². The van der Waals surface area contributed by atoms with Crippen molar-refractivity contribution in [3.05, 3.63) is 69.7 Å². The van der Waals surface area contributed by atoms with Crippen molar-refractivity contribution in [2.75, 3.05) is 7.05 Å². The van der Waals surface area contributed by atoms with Crippen LogP contribution < -0.4 is 5.32 Å². The molecule has 2 heteroatoms. The van der Waals surface area contributed by atoms with Crippen LogP contribution in [0.5, 0.6) is 0 Å². The van der Waals surface area contributed by atoms with E-state index in [0.717, 1.165) is 19.3 Å². The Morgan fingerprint density at radius 1 is 1.05 bits per heavy atom. The molecule has 0 radical (unpaired) electrons. The van der Waals surface area contributed by atoms with E-state index in [1.165, 1.54) is 21.2 Å². The summed E-state index contributed by atoms with van der Waals surface area (Å²) in [5, 5.41) is 3.44. The summed E-state index contributed by atoms with van der Waals surface area (Å²) in [6.45, 7) is 2.13. The molecule has 0 saturated heterocycles. The monoisotopic (exact) mass is 331 g/mol. The fourth-order valence-electron chi connectivity index (χ4n) is 2.37. The van der Waals surface area contributed by atoms with E-state index in [-0.39, 0.29) is 0 Å². The molecule has 20 heavy (non-hydrogen) atoms. The Morgan fingerprint density at radius 2 is 1.75 bits per heavy atom. The number of benzene rings is 2. The third kappa shape index (κ3) is 4.46. The van der Waals surface area contributed by atoms with Gasteiger partial charge in [-0.15, -0.1) is 0 Å². The van der Waals surface area contributed by atoms with E-state index in [0.29, 0.717) is 6.04 Å². The molecule has 0 aliphatic heterocycles. The molecule has 1 nitrogen and oxygen atoms in total. The highest BCUT2D eigenvalue weighted by atomic mass is 79.9. The molecule has 2 aromatic rings. The van der Waals surface area contributed by atoms with Crippen LogP contribution >= 0.6 is 15.9 Å². The Kier molecular flexibility index (Phi) is 5.81. The summed E-state index contributed by atoms with van der Waals surface area (Å²) >= 11 is 3.63. The van der Waals surface area contributed by atoms with Crippen LogP contribution in [0.15, 0.2) is 53.0 Å². The van der Waals surface area contributed by atoms with Gasteiger partial charge in [0.15, 0.2) is 0 Å². The number of halogens is 1. The van der Waals surface area contributed by atoms with Crippen molar-refractivity contribution in [2.45, 2.75) is 32.2 Å². The van der Waals surface area contributed by atoms with Gasteiger partial charge in [0.2, 0.25) is 0 Å². The van der Waals surface area contributed by atoms with Crippen LogP contribution in [0.25, 0.3) is 0 Å². The van der Waals surface area contributed by atoms with Gasteiger partial charge in [0.1, 0.15) is 0 Å². The zero-order valence-electron chi connectivity index (χ0n) is 12.2. The minimum atomic E-state index is 0.509. The Morgan fingerprint density at radius 3 is 2.40 bits per heavy atom. The normalized spacial score (nSPS) is 12.3. The van der Waals surface area contributed by atoms with Gasteiger partial charge in [-0.1, -0.05) is 64.0 Å². The van der Waals surface area contributed by atoms with Crippen molar-refractivity contribution in [1.29, 1.82) is 0 Å². The first-order valence-electron chi connectivity index (χ1n) is 7.15. The van der Waals surface area contributed by atoms with Crippen molar-refractivity contribution >= 4 is 15.9 Å². The highest BCUT2D eigenvalue weighted by molar-refractivity contribution is 9.10. The molecule has 106 valence electrons. The summed E-state index contributed by atoms with van der Waals surface area (Å²) in [4.78, 5) is 0. The second-order valence-corrected chi connectivity index (χ2v) is 6.16. The molecule has 0 spiro atoms. The third-order valence-corrected chi connectivity index (χ3v) is 4.51. The molecule has 0 aliphatic carbocycles. The SMILES string of the molecule is CNC(CCc1ccc(C)cc1)Cc1ccccc1Br. The molecule has 0 aliphatic rings. The van der Waals surface area contributed by atoms with Gasteiger partial charge >= 0.3 is 0 Å². The van der Waals surface area contributed by atoms with E-state index < -0.39 is 0 Å². The largest absolute Gasteiger partial charge is 0.317 e. The lowest BCUT2D eigenvalue weighted by atomic mass is 9.99. The first-order valence-corrected chi connectivity index (χ1v) is 7.94. The summed E-state index contributed by atoms with van der Waals surface area (Å²) in [5.41, 5.74) is 4.12. The summed E-state index contributed by atoms with van der Waals surface area (Å²) in [5.74, 6) is 0. The second-order valence-electron chi connectivity index (χ2n) is 5.31. The molecule has 1 atom stereocenters. The molecule has 0 saturated carbocycles. The van der Waals surface area contributed by atoms with E-state index in [9.17, 15) is 0 Å². The summed E-state index contributed by atoms with van der Waals surface area (Å²) in [6.07, 6.45) is 3.33. The number of hydrogen-bond donors (Lipinski definition) is 1. The van der Waals surface area contributed by atoms with Crippen LogP contribution in [0.1, 0.15) is 23.1 Å². The van der Waals surface area contributed by atoms with Crippen molar-refractivity contribution in [2.24, 2.45) is 0 Å². The third-order valence-electron chi connectivity index (χ3n) is 3.73. The lowest BCUT2D eigenvalue weighted by Gasteiger charge is -2.17. The molecular formula is C18H22BrN. The molecule has 0 amide bonds. The Hall–Kier alpha value is -1.12. The van der Waals surface area contributed by atoms with Crippen molar-refractivity contribution in [3.8, 4) is 0 Å². The molecule has 0 heterocycles. The molecule has 2 aromatic carbocycles. The van der Waals surface area contributed by atoms with Gasteiger partial charge in [-0.25, -0.2) is 0 Å². The topological polar surface area (TPSA) is 12.0 Å². The number of nitrogens with one attached hydrogen (secondary N) is 1. The van der Waals surface area contributed by atoms with Gasteiger partial charge in [-0.05, 0) is 50.4 Å². The first kappa shape index (κ1) is 15.3. The fourth-order valence-corrected chi connectivity index (χ4v) is 2.82. The first-order chi connectivity index (χ1) is 9.69. The zero-order chi connectivity index (χ0) is 14.4. The van der Waals surface area contributed by atoms with Crippen LogP contribution in [0.4, 0.5) is 0 Å². The summed E-state index contributed by atoms with van der Waals surface area (Å²) < 4.78 is 1.20. The van der Waals surface area contributed by atoms with E-state index in [1.54, 1.807) is 0 Å². The number of likely N-dealkylation sites (N-methyl/N-ethyl adjacent to an activating group) is 1. The standard InChI is InChI=1S/C18H22BrN/c1-14-7-9-15(10-8-14)11-12-17(20-2)13-16-5-3-4-6-18(16)19/h3-10,17,20H,11-13H2,1-2H3. The quantitative estimate of drug-likeness (QED) is 0.820. The summed E-state index contributed by atoms with van der Waals surface area (Å²) in [7, 11) is 2.05. The lowest BCUT2D eigenvalue weighted by molar-refractivity contribution is 0.519. The van der Waals surface area contributed by atoms with Crippen LogP contribution in [0, 0.1) is 6.92 Å². The van der Waals surface area contributed by atoms with Crippen LogP contribution in [0.2, 0.25) is 0 Å². The van der Waals surface area contributed by atoms with E-state index in [4.69, 9.17) is 0 Å². The van der Waals surface area contributed by atoms with Crippen LogP contribution in [0.3, 0.4) is 0 Å². The Bertz CT molecular complexity index is 533. The van der Waals surface area contributed by atoms with Crippen molar-refractivity contribution in [3.63, 3.8) is 0 Å². The predicted octanol–water partition coefficient (Wildman–Crippen LogP) is 4.52. The highest BCUT2D eigenvalue weighted by Crippen LogP contribution is 2.19. The fraction of sp³-hybridized carbons (Fsp3) is 0.333. The number of aryl methyl sites for hydroxylation is 2. The van der Waals surface area contributed by atoms with Gasteiger partial charge in [-0.2, -0.15) is 0 Å². The van der Waals surface area contributed by atoms with Gasteiger partial charge in [0.25, 0.3) is 0 Å². The molecule has 0 bridgehead atoms. The molecule has 0 aromatic heterocycles. The second kappa shape index (κ2) is 7.61. The van der Waals surface area contributed by atoms with E-state index in [1.807, 2.05) is 0 Å². The van der Waals surface area contributed by atoms with Crippen LogP contribution in [-0.4, -0.2) is 13.1 Å². The van der Waals surface area contributed by atoms with E-state index in [2.05, 4.69) is 83.7 Å². The molecule has 2 rings (SSSR count). The molecular weight excluding hydrogens is 310 g/mol. The average molecular weight is 332 g/mol. The minimum absolute atomic E-state index is 0.509. The van der Waals surface area contributed by atoms with Gasteiger partial charge in [0, 0.05) is 10.5 Å².